The molecule has 3 atom stereocenters. The van der Waals surface area contributed by atoms with E-state index < -0.39 is 16.6 Å². The molecule has 0 bridgehead atoms. The summed E-state index contributed by atoms with van der Waals surface area (Å²) >= 11 is 0. The first-order chi connectivity index (χ1) is 8.58. The second kappa shape index (κ2) is 4.20. The zero-order valence-electron chi connectivity index (χ0n) is 12.9. The van der Waals surface area contributed by atoms with Gasteiger partial charge in [-0.05, 0) is 46.5 Å². The molecule has 19 heavy (non-hydrogen) atoms. The van der Waals surface area contributed by atoms with Crippen molar-refractivity contribution < 1.29 is 9.84 Å². The van der Waals surface area contributed by atoms with Gasteiger partial charge in [0.15, 0.2) is 0 Å². The first-order valence-electron chi connectivity index (χ1n) is 7.41. The molecule has 2 rings (SSSR count). The van der Waals surface area contributed by atoms with Crippen LogP contribution < -0.4 is 0 Å². The molecule has 3 unspecified atom stereocenters. The van der Waals surface area contributed by atoms with E-state index >= 15 is 0 Å². The van der Waals surface area contributed by atoms with Crippen molar-refractivity contribution in [2.75, 3.05) is 0 Å². The maximum absolute atomic E-state index is 11.4. The summed E-state index contributed by atoms with van der Waals surface area (Å²) in [5.41, 5.74) is -2.78. The Bertz CT molecular complexity index is 409. The maximum Gasteiger partial charge on any atom is 0.114 e. The van der Waals surface area contributed by atoms with Crippen molar-refractivity contribution in [2.24, 2.45) is 11.3 Å². The fourth-order valence-corrected chi connectivity index (χ4v) is 4.51. The Hall–Kier alpha value is -0.590. The van der Waals surface area contributed by atoms with Crippen LogP contribution in [0.4, 0.5) is 0 Å². The Balaban J connectivity index is 2.45. The lowest BCUT2D eigenvalue weighted by molar-refractivity contribution is -0.174. The lowest BCUT2D eigenvalue weighted by Crippen LogP contribution is -2.59. The van der Waals surface area contributed by atoms with E-state index in [-0.39, 0.29) is 5.60 Å². The highest BCUT2D eigenvalue weighted by molar-refractivity contribution is 5.22. The van der Waals surface area contributed by atoms with Crippen molar-refractivity contribution >= 4 is 0 Å². The van der Waals surface area contributed by atoms with Crippen LogP contribution in [0.2, 0.25) is 0 Å². The smallest absolute Gasteiger partial charge is 0.114 e. The van der Waals surface area contributed by atoms with E-state index in [1.165, 1.54) is 0 Å². The van der Waals surface area contributed by atoms with Gasteiger partial charge in [0.05, 0.1) is 22.7 Å². The Labute approximate surface area is 117 Å². The summed E-state index contributed by atoms with van der Waals surface area (Å²) in [6.45, 7) is 10.1. The zero-order valence-corrected chi connectivity index (χ0v) is 12.9. The van der Waals surface area contributed by atoms with Gasteiger partial charge in [0.2, 0.25) is 0 Å². The molecule has 1 N–H and O–H groups in total. The Kier molecular flexibility index (Phi) is 3.27. The molecule has 0 radical (unpaired) electrons. The summed E-state index contributed by atoms with van der Waals surface area (Å²) in [5.74, 6) is 0.497. The minimum Gasteiger partial charge on any atom is -0.385 e. The van der Waals surface area contributed by atoms with Crippen molar-refractivity contribution in [3.8, 4) is 6.07 Å². The van der Waals surface area contributed by atoms with Crippen molar-refractivity contribution in [1.82, 2.24) is 0 Å². The quantitative estimate of drug-likeness (QED) is 0.790. The van der Waals surface area contributed by atoms with Crippen molar-refractivity contribution in [1.29, 1.82) is 5.26 Å². The summed E-state index contributed by atoms with van der Waals surface area (Å²) in [7, 11) is 0. The molecule has 1 aliphatic carbocycles. The average molecular weight is 265 g/mol. The largest absolute Gasteiger partial charge is 0.385 e. The van der Waals surface area contributed by atoms with Gasteiger partial charge in [0, 0.05) is 6.42 Å². The maximum atomic E-state index is 11.4. The number of nitriles is 1. The third-order valence-electron chi connectivity index (χ3n) is 5.21. The lowest BCUT2D eigenvalue weighted by Gasteiger charge is -2.49. The molecule has 2 fully saturated rings. The van der Waals surface area contributed by atoms with Gasteiger partial charge in [-0.15, -0.1) is 0 Å². The van der Waals surface area contributed by atoms with E-state index in [9.17, 15) is 10.4 Å². The number of hydrogen-bond donors (Lipinski definition) is 1. The van der Waals surface area contributed by atoms with E-state index in [0.717, 1.165) is 25.7 Å². The third kappa shape index (κ3) is 2.10. The summed E-state index contributed by atoms with van der Waals surface area (Å²) in [6, 6.07) is 2.49. The van der Waals surface area contributed by atoms with Gasteiger partial charge in [-0.25, -0.2) is 0 Å². The van der Waals surface area contributed by atoms with Crippen molar-refractivity contribution in [2.45, 2.75) is 83.5 Å². The molecule has 0 aromatic heterocycles. The second-order valence-electron chi connectivity index (χ2n) is 7.80. The Morgan fingerprint density at radius 2 is 1.89 bits per heavy atom. The van der Waals surface area contributed by atoms with Gasteiger partial charge < -0.3 is 9.84 Å². The normalized spacial score (nSPS) is 44.8. The number of rotatable bonds is 1. The van der Waals surface area contributed by atoms with Crippen molar-refractivity contribution in [3.05, 3.63) is 0 Å². The molecule has 1 saturated carbocycles. The highest BCUT2D eigenvalue weighted by atomic mass is 16.5. The number of ether oxygens (including phenoxy) is 1. The average Bonchev–Trinajstić information content (AvgIpc) is 2.43. The Morgan fingerprint density at radius 3 is 2.32 bits per heavy atom. The van der Waals surface area contributed by atoms with Gasteiger partial charge in [-0.1, -0.05) is 19.8 Å². The fourth-order valence-electron chi connectivity index (χ4n) is 4.51. The standard InChI is InChI=1S/C16H27NO2/c1-12-7-6-8-15(9-12,11-17)16(18)10-13(2,3)19-14(16,4)5/h12,18H,6-10H2,1-5H3. The summed E-state index contributed by atoms with van der Waals surface area (Å²) in [5, 5.41) is 21.2. The molecule has 1 aliphatic heterocycles. The molecule has 0 aromatic carbocycles. The first kappa shape index (κ1) is 14.8. The first-order valence-corrected chi connectivity index (χ1v) is 7.41. The Morgan fingerprint density at radius 1 is 1.26 bits per heavy atom. The van der Waals surface area contributed by atoms with Crippen LogP contribution >= 0.6 is 0 Å². The summed E-state index contributed by atoms with van der Waals surface area (Å²) in [4.78, 5) is 0. The highest BCUT2D eigenvalue weighted by Gasteiger charge is 2.67. The van der Waals surface area contributed by atoms with E-state index in [1.54, 1.807) is 0 Å². The summed E-state index contributed by atoms with van der Waals surface area (Å²) < 4.78 is 6.07. The van der Waals surface area contributed by atoms with Gasteiger partial charge in [-0.3, -0.25) is 0 Å². The molecule has 1 heterocycles. The molecular weight excluding hydrogens is 238 g/mol. The predicted molar refractivity (Wildman–Crippen MR) is 74.5 cm³/mol. The molecule has 108 valence electrons. The van der Waals surface area contributed by atoms with Crippen molar-refractivity contribution in [3.63, 3.8) is 0 Å². The predicted octanol–water partition coefficient (Wildman–Crippen LogP) is 3.42. The van der Waals surface area contributed by atoms with Crippen LogP contribution in [-0.4, -0.2) is 21.9 Å². The SMILES string of the molecule is CC1CCCC(C#N)(C2(O)CC(C)(C)OC2(C)C)C1. The van der Waals surface area contributed by atoms with Crippen LogP contribution in [0.3, 0.4) is 0 Å². The van der Waals surface area contributed by atoms with Crippen LogP contribution in [0.5, 0.6) is 0 Å². The highest BCUT2D eigenvalue weighted by Crippen LogP contribution is 2.58. The van der Waals surface area contributed by atoms with Crippen LogP contribution in [0.25, 0.3) is 0 Å². The van der Waals surface area contributed by atoms with Gasteiger partial charge >= 0.3 is 0 Å². The summed E-state index contributed by atoms with van der Waals surface area (Å²) in [6.07, 6.45) is 4.28. The molecule has 2 aliphatic rings. The minimum absolute atomic E-state index is 0.372. The monoisotopic (exact) mass is 265 g/mol. The minimum atomic E-state index is -1.06. The molecule has 3 nitrogen and oxygen atoms in total. The van der Waals surface area contributed by atoms with Crippen LogP contribution in [0.15, 0.2) is 0 Å². The topological polar surface area (TPSA) is 53.2 Å². The van der Waals surface area contributed by atoms with Gasteiger partial charge in [0.25, 0.3) is 0 Å². The third-order valence-corrected chi connectivity index (χ3v) is 5.21. The van der Waals surface area contributed by atoms with Gasteiger partial charge in [-0.2, -0.15) is 5.26 Å². The second-order valence-corrected chi connectivity index (χ2v) is 7.80. The van der Waals surface area contributed by atoms with Crippen LogP contribution in [-0.2, 0) is 4.74 Å². The van der Waals surface area contributed by atoms with Crippen LogP contribution in [0, 0.1) is 22.7 Å². The van der Waals surface area contributed by atoms with E-state index in [2.05, 4.69) is 13.0 Å². The molecule has 0 amide bonds. The molecule has 1 saturated heterocycles. The zero-order chi connectivity index (χ0) is 14.5. The van der Waals surface area contributed by atoms with Gasteiger partial charge in [0.1, 0.15) is 5.60 Å². The molecular formula is C16H27NO2. The molecule has 0 aromatic rings. The lowest BCUT2D eigenvalue weighted by atomic mass is 9.56. The molecule has 0 spiro atoms. The number of aliphatic hydroxyl groups is 1. The number of nitrogens with zero attached hydrogens (tertiary/aromatic N) is 1. The van der Waals surface area contributed by atoms with E-state index in [1.807, 2.05) is 27.7 Å². The van der Waals surface area contributed by atoms with E-state index in [0.29, 0.717) is 12.3 Å². The number of hydrogen-bond acceptors (Lipinski definition) is 3. The van der Waals surface area contributed by atoms with E-state index in [4.69, 9.17) is 4.74 Å². The molecule has 3 heteroatoms. The van der Waals surface area contributed by atoms with Crippen LogP contribution in [0.1, 0.15) is 66.7 Å². The fraction of sp³-hybridized carbons (Fsp3) is 0.938.